The zero-order chi connectivity index (χ0) is 24.4. The molecule has 174 valence electrons. The van der Waals surface area contributed by atoms with Crippen molar-refractivity contribution in [2.24, 2.45) is 0 Å². The summed E-state index contributed by atoms with van der Waals surface area (Å²) < 4.78 is 2.65. The fourth-order valence-corrected chi connectivity index (χ4v) is 4.80. The Hall–Kier alpha value is -2.52. The van der Waals surface area contributed by atoms with Crippen molar-refractivity contribution in [2.45, 2.75) is 19.0 Å². The molecule has 4 rings (SSSR count). The molecule has 34 heavy (non-hydrogen) atoms. The van der Waals surface area contributed by atoms with Crippen LogP contribution in [0.3, 0.4) is 0 Å². The molecule has 0 aliphatic carbocycles. The number of carbonyl (C=O) groups excluding carboxylic acids is 1. The number of aromatic nitrogens is 3. The molecule has 6 nitrogen and oxygen atoms in total. The Morgan fingerprint density at radius 3 is 2.59 bits per heavy atom. The van der Waals surface area contributed by atoms with Crippen LogP contribution in [0.15, 0.2) is 64.2 Å². The Bertz CT molecular complexity index is 1390. The average molecular weight is 578 g/mol. The van der Waals surface area contributed by atoms with Crippen molar-refractivity contribution in [3.05, 3.63) is 80.2 Å². The Morgan fingerprint density at radius 2 is 1.85 bits per heavy atom. The lowest BCUT2D eigenvalue weighted by Crippen LogP contribution is -2.14. The van der Waals surface area contributed by atoms with Crippen LogP contribution in [-0.4, -0.2) is 31.5 Å². The van der Waals surface area contributed by atoms with E-state index in [4.69, 9.17) is 23.2 Å². The molecular formula is C24H19BrCl2N4O2S. The third-order valence-corrected chi connectivity index (χ3v) is 7.12. The van der Waals surface area contributed by atoms with Crippen LogP contribution in [0.2, 0.25) is 10.0 Å². The minimum atomic E-state index is -0.231. The van der Waals surface area contributed by atoms with Crippen molar-refractivity contribution in [2.75, 3.05) is 11.1 Å². The number of amides is 1. The number of phenols is 1. The summed E-state index contributed by atoms with van der Waals surface area (Å²) in [6, 6.07) is 16.1. The second-order valence-corrected chi connectivity index (χ2v) is 10.2. The second kappa shape index (κ2) is 10.4. The van der Waals surface area contributed by atoms with Crippen LogP contribution < -0.4 is 5.32 Å². The highest BCUT2D eigenvalue weighted by atomic mass is 79.9. The average Bonchev–Trinajstić information content (AvgIpc) is 3.20. The number of anilines is 1. The molecule has 0 atom stereocenters. The third kappa shape index (κ3) is 5.41. The summed E-state index contributed by atoms with van der Waals surface area (Å²) in [5, 5.41) is 23.3. The molecule has 0 bridgehead atoms. The predicted octanol–water partition coefficient (Wildman–Crippen LogP) is 7.06. The van der Waals surface area contributed by atoms with Gasteiger partial charge < -0.3 is 10.4 Å². The molecule has 0 aliphatic rings. The first-order valence-corrected chi connectivity index (χ1v) is 12.7. The minimum Gasteiger partial charge on any atom is -0.507 e. The van der Waals surface area contributed by atoms with Crippen molar-refractivity contribution < 1.29 is 9.90 Å². The topological polar surface area (TPSA) is 80.0 Å². The molecule has 0 radical (unpaired) electrons. The number of aromatic hydroxyl groups is 1. The number of nitrogens with one attached hydrogen (secondary N) is 1. The van der Waals surface area contributed by atoms with E-state index in [1.807, 2.05) is 30.5 Å². The number of phenolic OH excluding ortho intramolecular Hbond substituents is 1. The van der Waals surface area contributed by atoms with Gasteiger partial charge in [-0.15, -0.1) is 10.2 Å². The number of hydrogen-bond donors (Lipinski definition) is 2. The number of carbonyl (C=O) groups is 1. The van der Waals surface area contributed by atoms with Gasteiger partial charge in [0.15, 0.2) is 11.0 Å². The summed E-state index contributed by atoms with van der Waals surface area (Å²) in [4.78, 5) is 12.6. The quantitative estimate of drug-likeness (QED) is 0.240. The highest BCUT2D eigenvalue weighted by Gasteiger charge is 2.21. The number of hydrogen-bond acceptors (Lipinski definition) is 5. The Morgan fingerprint density at radius 1 is 1.06 bits per heavy atom. The van der Waals surface area contributed by atoms with Crippen molar-refractivity contribution in [1.29, 1.82) is 0 Å². The minimum absolute atomic E-state index is 0.0792. The molecule has 0 unspecified atom stereocenters. The van der Waals surface area contributed by atoms with Crippen molar-refractivity contribution in [3.8, 4) is 22.8 Å². The van der Waals surface area contributed by atoms with E-state index in [-0.39, 0.29) is 17.4 Å². The van der Waals surface area contributed by atoms with E-state index in [1.165, 1.54) is 11.8 Å². The molecule has 2 N–H and O–H groups in total. The lowest BCUT2D eigenvalue weighted by atomic mass is 10.1. The smallest absolute Gasteiger partial charge is 0.234 e. The van der Waals surface area contributed by atoms with E-state index in [1.54, 1.807) is 36.4 Å². The van der Waals surface area contributed by atoms with Gasteiger partial charge in [0.25, 0.3) is 0 Å². The fourth-order valence-electron chi connectivity index (χ4n) is 3.40. The van der Waals surface area contributed by atoms with Crippen LogP contribution in [-0.2, 0) is 4.79 Å². The number of aryl methyl sites for hydroxylation is 2. The highest BCUT2D eigenvalue weighted by Crippen LogP contribution is 2.35. The van der Waals surface area contributed by atoms with Crippen LogP contribution in [0, 0.1) is 13.8 Å². The van der Waals surface area contributed by atoms with Crippen molar-refractivity contribution in [1.82, 2.24) is 14.8 Å². The van der Waals surface area contributed by atoms with E-state index >= 15 is 0 Å². The summed E-state index contributed by atoms with van der Waals surface area (Å²) in [5.74, 6) is 0.410. The molecule has 0 saturated carbocycles. The number of halogens is 3. The van der Waals surface area contributed by atoms with Gasteiger partial charge in [0, 0.05) is 10.2 Å². The highest BCUT2D eigenvalue weighted by molar-refractivity contribution is 9.10. The van der Waals surface area contributed by atoms with Gasteiger partial charge in [-0.05, 0) is 61.9 Å². The Labute approximate surface area is 219 Å². The number of rotatable bonds is 6. The summed E-state index contributed by atoms with van der Waals surface area (Å²) in [6.07, 6.45) is 0. The van der Waals surface area contributed by atoms with Crippen molar-refractivity contribution in [3.63, 3.8) is 0 Å². The monoisotopic (exact) mass is 576 g/mol. The number of nitrogens with zero attached hydrogens (tertiary/aromatic N) is 3. The first-order chi connectivity index (χ1) is 16.2. The third-order valence-electron chi connectivity index (χ3n) is 4.96. The van der Waals surface area contributed by atoms with Crippen LogP contribution in [0.1, 0.15) is 11.1 Å². The molecule has 0 spiro atoms. The molecular weight excluding hydrogens is 559 g/mol. The second-order valence-electron chi connectivity index (χ2n) is 7.56. The molecule has 0 saturated heterocycles. The Kier molecular flexibility index (Phi) is 7.52. The SMILES string of the molecule is Cc1ccc(-n2c(SCC(=O)Nc3ccc(Cl)c(Cl)c3)nnc2-c2cc(Br)ccc2O)c(C)c1. The number of benzene rings is 3. The number of thioether (sulfide) groups is 1. The fraction of sp³-hybridized carbons (Fsp3) is 0.125. The maximum atomic E-state index is 12.6. The normalized spacial score (nSPS) is 11.0. The summed E-state index contributed by atoms with van der Waals surface area (Å²) in [6.45, 7) is 4.02. The Balaban J connectivity index is 1.67. The predicted molar refractivity (Wildman–Crippen MR) is 141 cm³/mol. The van der Waals surface area contributed by atoms with Crippen molar-refractivity contribution >= 4 is 62.5 Å². The van der Waals surface area contributed by atoms with E-state index in [9.17, 15) is 9.90 Å². The molecule has 1 amide bonds. The summed E-state index contributed by atoms with van der Waals surface area (Å²) in [5.41, 5.74) is 4.07. The maximum absolute atomic E-state index is 12.6. The van der Waals surface area contributed by atoms with Gasteiger partial charge in [0.2, 0.25) is 5.91 Å². The van der Waals surface area contributed by atoms with Crippen LogP contribution in [0.25, 0.3) is 17.1 Å². The van der Waals surface area contributed by atoms with Gasteiger partial charge >= 0.3 is 0 Å². The first-order valence-electron chi connectivity index (χ1n) is 10.1. The molecule has 3 aromatic carbocycles. The molecule has 1 heterocycles. The van der Waals surface area contributed by atoms with Gasteiger partial charge in [-0.1, -0.05) is 68.6 Å². The zero-order valence-electron chi connectivity index (χ0n) is 18.1. The molecule has 10 heteroatoms. The van der Waals surface area contributed by atoms with Gasteiger partial charge in [0.05, 0.1) is 27.0 Å². The van der Waals surface area contributed by atoms with E-state index in [0.29, 0.717) is 32.3 Å². The molecule has 0 aliphatic heterocycles. The molecule has 4 aromatic rings. The largest absolute Gasteiger partial charge is 0.507 e. The van der Waals surface area contributed by atoms with E-state index in [2.05, 4.69) is 37.5 Å². The summed E-state index contributed by atoms with van der Waals surface area (Å²) >= 11 is 16.7. The lowest BCUT2D eigenvalue weighted by molar-refractivity contribution is -0.113. The van der Waals surface area contributed by atoms with Crippen LogP contribution in [0.4, 0.5) is 5.69 Å². The summed E-state index contributed by atoms with van der Waals surface area (Å²) in [7, 11) is 0. The van der Waals surface area contributed by atoms with Gasteiger partial charge in [-0.25, -0.2) is 0 Å². The van der Waals surface area contributed by atoms with Gasteiger partial charge in [0.1, 0.15) is 5.75 Å². The van der Waals surface area contributed by atoms with E-state index in [0.717, 1.165) is 21.3 Å². The molecule has 1 aromatic heterocycles. The van der Waals surface area contributed by atoms with Crippen LogP contribution >= 0.6 is 50.9 Å². The molecule has 0 fully saturated rings. The van der Waals surface area contributed by atoms with Gasteiger partial charge in [-0.2, -0.15) is 0 Å². The maximum Gasteiger partial charge on any atom is 0.234 e. The zero-order valence-corrected chi connectivity index (χ0v) is 22.1. The van der Waals surface area contributed by atoms with Gasteiger partial charge in [-0.3, -0.25) is 9.36 Å². The lowest BCUT2D eigenvalue weighted by Gasteiger charge is -2.14. The van der Waals surface area contributed by atoms with E-state index < -0.39 is 0 Å². The first kappa shape index (κ1) is 24.6. The standard InChI is InChI=1S/C24H19BrCl2N4O2S/c1-13-3-7-20(14(2)9-13)31-23(17-10-15(25)4-8-21(17)32)29-30-24(31)34-12-22(33)28-16-5-6-18(26)19(27)11-16/h3-11,32H,12H2,1-2H3,(H,28,33). The van der Waals surface area contributed by atoms with Crippen LogP contribution in [0.5, 0.6) is 5.75 Å².